The first kappa shape index (κ1) is 32.2. The van der Waals surface area contributed by atoms with E-state index in [1.807, 2.05) is 120 Å². The minimum Gasteiger partial charge on any atom is -0.497 e. The maximum Gasteiger partial charge on any atom is 0.166 e. The van der Waals surface area contributed by atoms with Crippen LogP contribution in [0.15, 0.2) is 122 Å². The lowest BCUT2D eigenvalue weighted by molar-refractivity contribution is -0.0876. The number of aromatic nitrogens is 4. The van der Waals surface area contributed by atoms with Crippen molar-refractivity contribution in [2.45, 2.75) is 24.0 Å². The number of hydrogen-bond acceptors (Lipinski definition) is 8. The fourth-order valence-corrected chi connectivity index (χ4v) is 6.32. The number of fused-ring (bicyclic) bond motifs is 1. The predicted molar refractivity (Wildman–Crippen MR) is 188 cm³/mol. The summed E-state index contributed by atoms with van der Waals surface area (Å²) in [6.45, 7) is 0.232. The van der Waals surface area contributed by atoms with E-state index < -0.39 is 17.9 Å². The minimum atomic E-state index is -0.980. The van der Waals surface area contributed by atoms with Crippen molar-refractivity contribution in [2.24, 2.45) is 0 Å². The van der Waals surface area contributed by atoms with Crippen molar-refractivity contribution < 1.29 is 23.7 Å². The third-order valence-corrected chi connectivity index (χ3v) is 8.80. The molecule has 1 saturated heterocycles. The molecule has 49 heavy (non-hydrogen) atoms. The van der Waals surface area contributed by atoms with E-state index in [9.17, 15) is 0 Å². The van der Waals surface area contributed by atoms with Gasteiger partial charge in [-0.15, -0.1) is 0 Å². The maximum absolute atomic E-state index is 7.10. The molecule has 9 heteroatoms. The van der Waals surface area contributed by atoms with E-state index in [2.05, 4.69) is 27.1 Å². The largest absolute Gasteiger partial charge is 0.497 e. The summed E-state index contributed by atoms with van der Waals surface area (Å²) < 4.78 is 32.6. The molecule has 1 radical (unpaired) electrons. The molecule has 1 aliphatic heterocycles. The van der Waals surface area contributed by atoms with Crippen LogP contribution in [0.3, 0.4) is 0 Å². The third kappa shape index (κ3) is 6.44. The second-order valence-corrected chi connectivity index (χ2v) is 11.6. The molecule has 1 aliphatic rings. The number of hydrogen-bond donors (Lipinski definition) is 0. The van der Waals surface area contributed by atoms with Gasteiger partial charge in [0.1, 0.15) is 35.0 Å². The Kier molecular flexibility index (Phi) is 9.47. The Morgan fingerprint density at radius 1 is 0.714 bits per heavy atom. The molecule has 0 spiro atoms. The van der Waals surface area contributed by atoms with Gasteiger partial charge in [0.05, 0.1) is 39.0 Å². The van der Waals surface area contributed by atoms with Gasteiger partial charge in [0, 0.05) is 13.5 Å². The Labute approximate surface area is 285 Å². The van der Waals surface area contributed by atoms with Crippen molar-refractivity contribution in [1.29, 1.82) is 0 Å². The van der Waals surface area contributed by atoms with Gasteiger partial charge in [0.15, 0.2) is 11.9 Å². The van der Waals surface area contributed by atoms with Crippen LogP contribution >= 0.6 is 0 Å². The monoisotopic (exact) mass is 653 g/mol. The van der Waals surface area contributed by atoms with Crippen LogP contribution < -0.4 is 9.47 Å². The first-order valence-corrected chi connectivity index (χ1v) is 16.1. The van der Waals surface area contributed by atoms with E-state index in [1.165, 1.54) is 0 Å². The molecule has 6 aromatic rings. The minimum absolute atomic E-state index is 0.232. The SMILES string of the molecule is COc1ccc(C(OC[C@H]2[CH][C@@H](OC)[C@H](n3cnc4c(/C=C/c5ccccc5)ncnc43)O2)(c2ccccc2)c2ccc(OC)cc2)cc1. The lowest BCUT2D eigenvalue weighted by Gasteiger charge is -2.37. The Hall–Kier alpha value is -5.35. The molecule has 1 fully saturated rings. The lowest BCUT2D eigenvalue weighted by Crippen LogP contribution is -2.36. The lowest BCUT2D eigenvalue weighted by atomic mass is 9.80. The Morgan fingerprint density at radius 3 is 1.94 bits per heavy atom. The van der Waals surface area contributed by atoms with Crippen molar-refractivity contribution in [2.75, 3.05) is 27.9 Å². The second kappa shape index (κ2) is 14.4. The van der Waals surface area contributed by atoms with Crippen molar-refractivity contribution >= 4 is 23.3 Å². The highest BCUT2D eigenvalue weighted by Crippen LogP contribution is 2.43. The van der Waals surface area contributed by atoms with Crippen molar-refractivity contribution in [1.82, 2.24) is 19.5 Å². The van der Waals surface area contributed by atoms with Gasteiger partial charge in [0.25, 0.3) is 0 Å². The Morgan fingerprint density at radius 2 is 1.33 bits per heavy atom. The predicted octanol–water partition coefficient (Wildman–Crippen LogP) is 7.14. The molecule has 0 aliphatic carbocycles. The van der Waals surface area contributed by atoms with Gasteiger partial charge in [-0.05, 0) is 52.6 Å². The molecular formula is C40H37N4O5. The molecule has 0 bridgehead atoms. The molecule has 9 nitrogen and oxygen atoms in total. The molecule has 4 aromatic carbocycles. The highest BCUT2D eigenvalue weighted by molar-refractivity contribution is 5.84. The van der Waals surface area contributed by atoms with Gasteiger partial charge >= 0.3 is 0 Å². The average Bonchev–Trinajstić information content (AvgIpc) is 3.80. The normalized spacial score (nSPS) is 17.9. The van der Waals surface area contributed by atoms with E-state index in [0.29, 0.717) is 11.2 Å². The first-order chi connectivity index (χ1) is 24.1. The molecule has 3 heterocycles. The molecule has 0 unspecified atom stereocenters. The molecule has 247 valence electrons. The molecule has 0 amide bonds. The summed E-state index contributed by atoms with van der Waals surface area (Å²) in [6, 6.07) is 36.2. The zero-order valence-electron chi connectivity index (χ0n) is 27.5. The Bertz CT molecular complexity index is 1950. The molecule has 7 rings (SSSR count). The van der Waals surface area contributed by atoms with Crippen LogP contribution in [0.2, 0.25) is 0 Å². The zero-order chi connectivity index (χ0) is 33.6. The molecule has 2 aromatic heterocycles. The third-order valence-electron chi connectivity index (χ3n) is 8.80. The number of nitrogens with zero attached hydrogens (tertiary/aromatic N) is 4. The molecule has 0 N–H and O–H groups in total. The van der Waals surface area contributed by atoms with Crippen LogP contribution in [0.1, 0.15) is 34.2 Å². The smallest absolute Gasteiger partial charge is 0.166 e. The molecule has 3 atom stereocenters. The topological polar surface area (TPSA) is 89.8 Å². The van der Waals surface area contributed by atoms with Crippen LogP contribution in [-0.4, -0.2) is 59.7 Å². The van der Waals surface area contributed by atoms with E-state index in [4.69, 9.17) is 23.7 Å². The molecular weight excluding hydrogens is 616 g/mol. The quantitative estimate of drug-likeness (QED) is 0.129. The highest BCUT2D eigenvalue weighted by Gasteiger charge is 2.42. The summed E-state index contributed by atoms with van der Waals surface area (Å²) in [5, 5.41) is 0. The van der Waals surface area contributed by atoms with E-state index in [-0.39, 0.29) is 12.7 Å². The van der Waals surface area contributed by atoms with E-state index in [0.717, 1.165) is 39.4 Å². The first-order valence-electron chi connectivity index (χ1n) is 16.1. The van der Waals surface area contributed by atoms with Gasteiger partial charge in [0.2, 0.25) is 0 Å². The number of methoxy groups -OCH3 is 3. The zero-order valence-corrected chi connectivity index (χ0v) is 27.5. The summed E-state index contributed by atoms with van der Waals surface area (Å²) in [5.74, 6) is 1.52. The van der Waals surface area contributed by atoms with E-state index in [1.54, 1.807) is 34.0 Å². The van der Waals surface area contributed by atoms with Gasteiger partial charge in [-0.1, -0.05) is 91.0 Å². The van der Waals surface area contributed by atoms with Crippen LogP contribution in [0.5, 0.6) is 11.5 Å². The summed E-state index contributed by atoms with van der Waals surface area (Å²) in [6.07, 6.45) is 7.97. The fourth-order valence-electron chi connectivity index (χ4n) is 6.32. The summed E-state index contributed by atoms with van der Waals surface area (Å²) in [4.78, 5) is 13.8. The van der Waals surface area contributed by atoms with E-state index >= 15 is 0 Å². The van der Waals surface area contributed by atoms with Crippen LogP contribution in [0.4, 0.5) is 0 Å². The fraction of sp³-hybridized carbons (Fsp3) is 0.200. The maximum atomic E-state index is 7.10. The second-order valence-electron chi connectivity index (χ2n) is 11.6. The van der Waals surface area contributed by atoms with Gasteiger partial charge in [-0.3, -0.25) is 4.57 Å². The van der Waals surface area contributed by atoms with Crippen LogP contribution in [0.25, 0.3) is 23.3 Å². The highest BCUT2D eigenvalue weighted by atomic mass is 16.6. The van der Waals surface area contributed by atoms with Crippen molar-refractivity contribution in [3.63, 3.8) is 0 Å². The summed E-state index contributed by atoms with van der Waals surface area (Å²) in [7, 11) is 4.99. The summed E-state index contributed by atoms with van der Waals surface area (Å²) >= 11 is 0. The number of rotatable bonds is 12. The standard InChI is InChI=1S/C40H37N4O5/c1-45-32-19-15-30(16-20-32)40(29-12-8-5-9-13-29,31-17-21-33(46-2)22-18-31)48-25-34-24-36(47-3)39(49-34)44-27-43-37-35(41-26-42-38(37)44)23-14-28-10-6-4-7-11-28/h4-24,26-27,34,36,39H,25H2,1-3H3/b23-14+/t34-,36-,39-/m1/s1. The number of imidazole rings is 1. The van der Waals surface area contributed by atoms with Crippen molar-refractivity contribution in [3.05, 3.63) is 156 Å². The Balaban J connectivity index is 1.20. The number of ether oxygens (including phenoxy) is 5. The number of benzene rings is 4. The van der Waals surface area contributed by atoms with Crippen LogP contribution in [-0.2, 0) is 19.8 Å². The molecule has 0 saturated carbocycles. The van der Waals surface area contributed by atoms with Crippen molar-refractivity contribution in [3.8, 4) is 11.5 Å². The van der Waals surface area contributed by atoms with Crippen LogP contribution in [0, 0.1) is 6.42 Å². The van der Waals surface area contributed by atoms with Gasteiger partial charge in [-0.2, -0.15) is 0 Å². The van der Waals surface area contributed by atoms with Gasteiger partial charge < -0.3 is 23.7 Å². The van der Waals surface area contributed by atoms with Gasteiger partial charge in [-0.25, -0.2) is 15.0 Å². The summed E-state index contributed by atoms with van der Waals surface area (Å²) in [5.41, 5.74) is 4.99. The average molecular weight is 654 g/mol.